The fourth-order valence-corrected chi connectivity index (χ4v) is 2.14. The molecule has 1 amide bonds. The summed E-state index contributed by atoms with van der Waals surface area (Å²) in [7, 11) is 0. The van der Waals surface area contributed by atoms with E-state index in [1.165, 1.54) is 11.0 Å². The van der Waals surface area contributed by atoms with Crippen molar-refractivity contribution in [3.8, 4) is 5.69 Å². The molecule has 1 heterocycles. The Kier molecular flexibility index (Phi) is 5.79. The Morgan fingerprint density at radius 3 is 2.61 bits per heavy atom. The molecule has 8 nitrogen and oxygen atoms in total. The highest BCUT2D eigenvalue weighted by Gasteiger charge is 2.19. The minimum absolute atomic E-state index is 0.131. The van der Waals surface area contributed by atoms with Gasteiger partial charge in [-0.25, -0.2) is 9.48 Å². The molecule has 0 aliphatic heterocycles. The summed E-state index contributed by atoms with van der Waals surface area (Å²) in [5, 5.41) is 22.6. The second-order valence-corrected chi connectivity index (χ2v) is 5.20. The third-order valence-electron chi connectivity index (χ3n) is 3.39. The molecule has 0 saturated carbocycles. The van der Waals surface area contributed by atoms with Crippen molar-refractivity contribution in [2.24, 2.45) is 0 Å². The number of carboxylic acids is 1. The van der Waals surface area contributed by atoms with Gasteiger partial charge in [0.1, 0.15) is 12.4 Å². The second-order valence-electron chi connectivity index (χ2n) is 5.20. The van der Waals surface area contributed by atoms with Crippen LogP contribution >= 0.6 is 0 Å². The molecular formula is C15H19N5O3. The molecule has 1 aromatic heterocycles. The minimum Gasteiger partial charge on any atom is -0.480 e. The lowest BCUT2D eigenvalue weighted by atomic mass is 10.1. The van der Waals surface area contributed by atoms with Crippen molar-refractivity contribution >= 4 is 11.9 Å². The molecule has 0 spiro atoms. The van der Waals surface area contributed by atoms with Crippen LogP contribution in [-0.2, 0) is 16.0 Å². The van der Waals surface area contributed by atoms with Crippen LogP contribution in [0.2, 0.25) is 0 Å². The maximum absolute atomic E-state index is 12.0. The molecular weight excluding hydrogens is 298 g/mol. The number of unbranched alkanes of at least 4 members (excludes halogenated alkanes) is 1. The number of aromatic nitrogens is 4. The molecule has 122 valence electrons. The van der Waals surface area contributed by atoms with E-state index in [1.807, 2.05) is 6.92 Å². The summed E-state index contributed by atoms with van der Waals surface area (Å²) in [6.45, 7) is 1.98. The molecule has 0 saturated heterocycles. The van der Waals surface area contributed by atoms with Gasteiger partial charge in [0.05, 0.1) is 12.1 Å². The molecule has 1 aromatic carbocycles. The van der Waals surface area contributed by atoms with Crippen LogP contribution in [0.4, 0.5) is 0 Å². The predicted octanol–water partition coefficient (Wildman–Crippen LogP) is 0.964. The van der Waals surface area contributed by atoms with Gasteiger partial charge in [-0.15, -0.1) is 5.10 Å². The Morgan fingerprint density at radius 1 is 1.30 bits per heavy atom. The summed E-state index contributed by atoms with van der Waals surface area (Å²) >= 11 is 0. The highest BCUT2D eigenvalue weighted by atomic mass is 16.4. The lowest BCUT2D eigenvalue weighted by Gasteiger charge is -2.14. The maximum atomic E-state index is 12.0. The number of nitrogens with zero attached hydrogens (tertiary/aromatic N) is 4. The fourth-order valence-electron chi connectivity index (χ4n) is 2.14. The van der Waals surface area contributed by atoms with Gasteiger partial charge in [-0.05, 0) is 34.5 Å². The topological polar surface area (TPSA) is 110 Å². The quantitative estimate of drug-likeness (QED) is 0.750. The van der Waals surface area contributed by atoms with E-state index in [9.17, 15) is 9.59 Å². The number of benzene rings is 1. The Bertz CT molecular complexity index is 640. The molecule has 23 heavy (non-hydrogen) atoms. The van der Waals surface area contributed by atoms with Crippen LogP contribution in [0.5, 0.6) is 0 Å². The lowest BCUT2D eigenvalue weighted by Crippen LogP contribution is -2.41. The van der Waals surface area contributed by atoms with Crippen molar-refractivity contribution in [2.75, 3.05) is 0 Å². The molecule has 2 aromatic rings. The minimum atomic E-state index is -0.999. The third kappa shape index (κ3) is 4.87. The molecule has 0 radical (unpaired) electrons. The summed E-state index contributed by atoms with van der Waals surface area (Å²) in [6.07, 6.45) is 3.70. The van der Waals surface area contributed by atoms with Crippen LogP contribution in [0.15, 0.2) is 30.6 Å². The number of hydrogen-bond donors (Lipinski definition) is 2. The van der Waals surface area contributed by atoms with Crippen LogP contribution in [-0.4, -0.2) is 43.2 Å². The number of carbonyl (C=O) groups is 2. The summed E-state index contributed by atoms with van der Waals surface area (Å²) in [5.41, 5.74) is 1.57. The van der Waals surface area contributed by atoms with Crippen molar-refractivity contribution in [3.05, 3.63) is 36.2 Å². The maximum Gasteiger partial charge on any atom is 0.326 e. The van der Waals surface area contributed by atoms with Crippen molar-refractivity contribution in [1.29, 1.82) is 0 Å². The first-order valence-corrected chi connectivity index (χ1v) is 7.44. The first-order chi connectivity index (χ1) is 11.1. The number of amides is 1. The summed E-state index contributed by atoms with van der Waals surface area (Å²) < 4.78 is 1.51. The smallest absolute Gasteiger partial charge is 0.326 e. The standard InChI is InChI=1S/C15H19N5O3/c1-2-3-4-13(15(22)23)17-14(21)9-11-5-7-12(8-6-11)20-10-16-18-19-20/h5-8,10,13H,2-4,9H2,1H3,(H,17,21)(H,22,23). The van der Waals surface area contributed by atoms with E-state index in [2.05, 4.69) is 20.8 Å². The van der Waals surface area contributed by atoms with Crippen LogP contribution < -0.4 is 5.32 Å². The molecule has 2 N–H and O–H groups in total. The van der Waals surface area contributed by atoms with E-state index in [0.717, 1.165) is 24.1 Å². The first kappa shape index (κ1) is 16.6. The number of carbonyl (C=O) groups excluding carboxylic acids is 1. The third-order valence-corrected chi connectivity index (χ3v) is 3.39. The summed E-state index contributed by atoms with van der Waals surface area (Å²) in [4.78, 5) is 23.1. The van der Waals surface area contributed by atoms with Crippen LogP contribution in [0.3, 0.4) is 0 Å². The molecule has 0 aliphatic carbocycles. The number of nitrogens with one attached hydrogen (secondary N) is 1. The number of tetrazole rings is 1. The lowest BCUT2D eigenvalue weighted by molar-refractivity contribution is -0.142. The first-order valence-electron chi connectivity index (χ1n) is 7.44. The number of hydrogen-bond acceptors (Lipinski definition) is 5. The molecule has 1 unspecified atom stereocenters. The summed E-state index contributed by atoms with van der Waals surface area (Å²) in [5.74, 6) is -1.30. The number of carboxylic acid groups (broad SMARTS) is 1. The monoisotopic (exact) mass is 317 g/mol. The van der Waals surface area contributed by atoms with Gasteiger partial charge < -0.3 is 10.4 Å². The molecule has 2 rings (SSSR count). The molecule has 8 heteroatoms. The van der Waals surface area contributed by atoms with E-state index in [-0.39, 0.29) is 12.3 Å². The number of rotatable bonds is 8. The second kappa shape index (κ2) is 8.02. The van der Waals surface area contributed by atoms with Gasteiger partial charge in [0.15, 0.2) is 0 Å². The van der Waals surface area contributed by atoms with Gasteiger partial charge in [0.25, 0.3) is 0 Å². The zero-order valence-electron chi connectivity index (χ0n) is 12.8. The van der Waals surface area contributed by atoms with Gasteiger partial charge in [0, 0.05) is 0 Å². The number of aliphatic carboxylic acids is 1. The molecule has 0 aliphatic rings. The van der Waals surface area contributed by atoms with Gasteiger partial charge in [-0.1, -0.05) is 31.9 Å². The van der Waals surface area contributed by atoms with E-state index in [4.69, 9.17) is 5.11 Å². The van der Waals surface area contributed by atoms with Crippen molar-refractivity contribution in [3.63, 3.8) is 0 Å². The zero-order chi connectivity index (χ0) is 16.7. The highest BCUT2D eigenvalue weighted by molar-refractivity contribution is 5.84. The van der Waals surface area contributed by atoms with E-state index >= 15 is 0 Å². The Hall–Kier alpha value is -2.77. The zero-order valence-corrected chi connectivity index (χ0v) is 12.8. The van der Waals surface area contributed by atoms with Crippen molar-refractivity contribution < 1.29 is 14.7 Å². The van der Waals surface area contributed by atoms with Gasteiger partial charge >= 0.3 is 5.97 Å². The SMILES string of the molecule is CCCCC(NC(=O)Cc1ccc(-n2cnnn2)cc1)C(=O)O. The van der Waals surface area contributed by atoms with Gasteiger partial charge in [-0.2, -0.15) is 0 Å². The molecule has 1 atom stereocenters. The highest BCUT2D eigenvalue weighted by Crippen LogP contribution is 2.09. The molecule has 0 fully saturated rings. The Balaban J connectivity index is 1.93. The average Bonchev–Trinajstić information content (AvgIpc) is 3.06. The average molecular weight is 317 g/mol. The predicted molar refractivity (Wildman–Crippen MR) is 81.9 cm³/mol. The fraction of sp³-hybridized carbons (Fsp3) is 0.400. The van der Waals surface area contributed by atoms with Crippen LogP contribution in [0.1, 0.15) is 31.7 Å². The van der Waals surface area contributed by atoms with E-state index in [0.29, 0.717) is 6.42 Å². The largest absolute Gasteiger partial charge is 0.480 e. The van der Waals surface area contributed by atoms with Crippen LogP contribution in [0, 0.1) is 0 Å². The van der Waals surface area contributed by atoms with Crippen molar-refractivity contribution in [2.45, 2.75) is 38.6 Å². The van der Waals surface area contributed by atoms with E-state index in [1.54, 1.807) is 24.3 Å². The molecule has 0 bridgehead atoms. The summed E-state index contributed by atoms with van der Waals surface area (Å²) in [6, 6.07) is 6.34. The normalized spacial score (nSPS) is 11.9. The van der Waals surface area contributed by atoms with Gasteiger partial charge in [-0.3, -0.25) is 4.79 Å². The van der Waals surface area contributed by atoms with Gasteiger partial charge in [0.2, 0.25) is 5.91 Å². The van der Waals surface area contributed by atoms with Crippen LogP contribution in [0.25, 0.3) is 5.69 Å². The van der Waals surface area contributed by atoms with Crippen molar-refractivity contribution in [1.82, 2.24) is 25.5 Å². The van der Waals surface area contributed by atoms with E-state index < -0.39 is 12.0 Å². The Labute approximate surface area is 133 Å². The Morgan fingerprint density at radius 2 is 2.04 bits per heavy atom.